The molecule has 0 bridgehead atoms. The third-order valence-electron chi connectivity index (χ3n) is 7.70. The van der Waals surface area contributed by atoms with Crippen molar-refractivity contribution in [1.29, 1.82) is 0 Å². The zero-order valence-corrected chi connectivity index (χ0v) is 25.9. The Kier molecular flexibility index (Phi) is 14.0. The molecule has 4 nitrogen and oxygen atoms in total. The summed E-state index contributed by atoms with van der Waals surface area (Å²) in [6, 6.07) is 16.6. The SMILES string of the molecule is Clc1ccc(CCCN2CCN(CCSSCCN3CCN(CCCc4ccc(Cl)cc4)CC3)CC2)cc1. The number of hydrogen-bond donors (Lipinski definition) is 0. The van der Waals surface area contributed by atoms with Crippen LogP contribution in [-0.2, 0) is 12.8 Å². The van der Waals surface area contributed by atoms with Gasteiger partial charge in [0.25, 0.3) is 0 Å². The second-order valence-electron chi connectivity index (χ2n) is 10.5. The van der Waals surface area contributed by atoms with Gasteiger partial charge in [-0.1, -0.05) is 69.1 Å². The van der Waals surface area contributed by atoms with E-state index < -0.39 is 0 Å². The molecule has 0 amide bonds. The fourth-order valence-electron chi connectivity index (χ4n) is 5.24. The Labute approximate surface area is 248 Å². The summed E-state index contributed by atoms with van der Waals surface area (Å²) < 4.78 is 0. The summed E-state index contributed by atoms with van der Waals surface area (Å²) in [5.41, 5.74) is 2.79. The van der Waals surface area contributed by atoms with E-state index in [1.165, 1.54) is 114 Å². The van der Waals surface area contributed by atoms with Gasteiger partial charge in [-0.05, 0) is 74.2 Å². The minimum Gasteiger partial charge on any atom is -0.301 e. The average Bonchev–Trinajstić information content (AvgIpc) is 2.94. The van der Waals surface area contributed by atoms with Crippen LogP contribution in [0.25, 0.3) is 0 Å². The molecule has 0 N–H and O–H groups in total. The van der Waals surface area contributed by atoms with Crippen LogP contribution in [0.3, 0.4) is 0 Å². The van der Waals surface area contributed by atoms with Gasteiger partial charge in [-0.15, -0.1) is 0 Å². The maximum Gasteiger partial charge on any atom is 0.0406 e. The van der Waals surface area contributed by atoms with E-state index in [-0.39, 0.29) is 0 Å². The molecule has 0 spiro atoms. The summed E-state index contributed by atoms with van der Waals surface area (Å²) in [6.45, 7) is 14.6. The average molecular weight is 596 g/mol. The quantitative estimate of drug-likeness (QED) is 0.179. The topological polar surface area (TPSA) is 13.0 Å². The van der Waals surface area contributed by atoms with Crippen molar-refractivity contribution < 1.29 is 0 Å². The van der Waals surface area contributed by atoms with Crippen LogP contribution >= 0.6 is 44.8 Å². The van der Waals surface area contributed by atoms with Gasteiger partial charge in [0.15, 0.2) is 0 Å². The highest BCUT2D eigenvalue weighted by molar-refractivity contribution is 8.76. The zero-order chi connectivity index (χ0) is 26.4. The van der Waals surface area contributed by atoms with Crippen LogP contribution in [0.4, 0.5) is 0 Å². The smallest absolute Gasteiger partial charge is 0.0406 e. The fourth-order valence-corrected chi connectivity index (χ4v) is 7.55. The molecule has 2 aromatic carbocycles. The standard InChI is InChI=1S/C30H44Cl2N4S2/c31-29-9-5-27(6-10-29)3-1-13-33-15-19-35(20-16-33)23-25-37-38-26-24-36-21-17-34(18-22-36)14-2-4-28-7-11-30(32)12-8-28/h5-12H,1-4,13-26H2. The lowest BCUT2D eigenvalue weighted by Gasteiger charge is -2.35. The molecule has 38 heavy (non-hydrogen) atoms. The molecule has 2 saturated heterocycles. The molecule has 0 aliphatic carbocycles. The molecule has 0 aromatic heterocycles. The lowest BCUT2D eigenvalue weighted by atomic mass is 10.1. The molecule has 0 atom stereocenters. The van der Waals surface area contributed by atoms with Gasteiger partial charge in [-0.25, -0.2) is 0 Å². The normalized spacial score (nSPS) is 18.3. The highest BCUT2D eigenvalue weighted by atomic mass is 35.5. The number of rotatable bonds is 15. The molecule has 2 heterocycles. The van der Waals surface area contributed by atoms with Crippen molar-refractivity contribution in [2.75, 3.05) is 90.0 Å². The summed E-state index contributed by atoms with van der Waals surface area (Å²) in [7, 11) is 4.13. The summed E-state index contributed by atoms with van der Waals surface area (Å²) >= 11 is 12.0. The van der Waals surface area contributed by atoms with Gasteiger partial charge in [0.2, 0.25) is 0 Å². The van der Waals surface area contributed by atoms with Gasteiger partial charge >= 0.3 is 0 Å². The number of piperazine rings is 2. The first-order chi connectivity index (χ1) is 18.6. The third kappa shape index (κ3) is 11.6. The highest BCUT2D eigenvalue weighted by Crippen LogP contribution is 2.22. The van der Waals surface area contributed by atoms with Crippen molar-refractivity contribution in [3.05, 3.63) is 69.7 Å². The van der Waals surface area contributed by atoms with Crippen LogP contribution in [0, 0.1) is 0 Å². The maximum absolute atomic E-state index is 5.99. The molecular formula is C30H44Cl2N4S2. The van der Waals surface area contributed by atoms with Crippen LogP contribution in [-0.4, -0.2) is 110 Å². The molecule has 8 heteroatoms. The monoisotopic (exact) mass is 594 g/mol. The third-order valence-corrected chi connectivity index (χ3v) is 10.6. The van der Waals surface area contributed by atoms with Crippen LogP contribution < -0.4 is 0 Å². The Morgan fingerprint density at radius 1 is 0.474 bits per heavy atom. The second kappa shape index (κ2) is 17.4. The number of aryl methyl sites for hydroxylation is 2. The number of halogens is 2. The van der Waals surface area contributed by atoms with E-state index >= 15 is 0 Å². The molecule has 0 radical (unpaired) electrons. The Morgan fingerprint density at radius 3 is 1.13 bits per heavy atom. The second-order valence-corrected chi connectivity index (χ2v) is 14.0. The minimum absolute atomic E-state index is 0.827. The molecule has 0 unspecified atom stereocenters. The molecule has 0 saturated carbocycles. The molecule has 210 valence electrons. The number of nitrogens with zero attached hydrogens (tertiary/aromatic N) is 4. The molecule has 2 fully saturated rings. The van der Waals surface area contributed by atoms with E-state index in [2.05, 4.69) is 65.5 Å². The lowest BCUT2D eigenvalue weighted by molar-refractivity contribution is 0.137. The number of hydrogen-bond acceptors (Lipinski definition) is 6. The van der Waals surface area contributed by atoms with E-state index in [0.29, 0.717) is 0 Å². The van der Waals surface area contributed by atoms with Gasteiger partial charge in [0.05, 0.1) is 0 Å². The number of benzene rings is 2. The molecule has 2 aliphatic rings. The van der Waals surface area contributed by atoms with Crippen molar-refractivity contribution in [2.24, 2.45) is 0 Å². The molecular weight excluding hydrogens is 551 g/mol. The van der Waals surface area contributed by atoms with Crippen molar-refractivity contribution in [3.8, 4) is 0 Å². The largest absolute Gasteiger partial charge is 0.301 e. The summed E-state index contributed by atoms with van der Waals surface area (Å²) in [5, 5.41) is 1.65. The van der Waals surface area contributed by atoms with Crippen molar-refractivity contribution >= 4 is 44.8 Å². The Bertz CT molecular complexity index is 824. The highest BCUT2D eigenvalue weighted by Gasteiger charge is 2.17. The maximum atomic E-state index is 5.99. The van der Waals surface area contributed by atoms with E-state index in [1.807, 2.05) is 24.3 Å². The van der Waals surface area contributed by atoms with Gasteiger partial charge < -0.3 is 9.80 Å². The van der Waals surface area contributed by atoms with Crippen LogP contribution in [0.15, 0.2) is 48.5 Å². The minimum atomic E-state index is 0.827. The van der Waals surface area contributed by atoms with Gasteiger partial charge in [0, 0.05) is 87.0 Å². The summed E-state index contributed by atoms with van der Waals surface area (Å²) in [6.07, 6.45) is 4.75. The van der Waals surface area contributed by atoms with E-state index in [0.717, 1.165) is 22.9 Å². The van der Waals surface area contributed by atoms with Crippen molar-refractivity contribution in [1.82, 2.24) is 19.6 Å². The summed E-state index contributed by atoms with van der Waals surface area (Å²) in [4.78, 5) is 10.6. The lowest BCUT2D eigenvalue weighted by Crippen LogP contribution is -2.47. The van der Waals surface area contributed by atoms with Crippen molar-refractivity contribution in [2.45, 2.75) is 25.7 Å². The molecule has 2 aliphatic heterocycles. The first-order valence-electron chi connectivity index (χ1n) is 14.3. The predicted molar refractivity (Wildman–Crippen MR) is 170 cm³/mol. The first kappa shape index (κ1) is 30.5. The zero-order valence-electron chi connectivity index (χ0n) is 22.7. The Balaban J connectivity index is 0.942. The fraction of sp³-hybridized carbons (Fsp3) is 0.600. The van der Waals surface area contributed by atoms with Crippen molar-refractivity contribution in [3.63, 3.8) is 0 Å². The van der Waals surface area contributed by atoms with Gasteiger partial charge in [0.1, 0.15) is 0 Å². The van der Waals surface area contributed by atoms with Gasteiger partial charge in [-0.3, -0.25) is 9.80 Å². The van der Waals surface area contributed by atoms with Crippen LogP contribution in [0.1, 0.15) is 24.0 Å². The molecule has 2 aromatic rings. The Morgan fingerprint density at radius 2 is 0.789 bits per heavy atom. The van der Waals surface area contributed by atoms with E-state index in [9.17, 15) is 0 Å². The van der Waals surface area contributed by atoms with E-state index in [4.69, 9.17) is 23.2 Å². The van der Waals surface area contributed by atoms with Crippen LogP contribution in [0.2, 0.25) is 10.0 Å². The summed E-state index contributed by atoms with van der Waals surface area (Å²) in [5.74, 6) is 2.48. The predicted octanol–water partition coefficient (Wildman–Crippen LogP) is 6.18. The Hall–Kier alpha value is -0.440. The first-order valence-corrected chi connectivity index (χ1v) is 17.5. The molecule has 4 rings (SSSR count). The van der Waals surface area contributed by atoms with E-state index in [1.54, 1.807) is 0 Å². The van der Waals surface area contributed by atoms with Gasteiger partial charge in [-0.2, -0.15) is 0 Å². The van der Waals surface area contributed by atoms with Crippen LogP contribution in [0.5, 0.6) is 0 Å².